The Hall–Kier alpha value is -1.52. The molecule has 0 aromatic heterocycles. The molecule has 1 fully saturated rings. The lowest BCUT2D eigenvalue weighted by atomic mass is 9.92. The van der Waals surface area contributed by atoms with Crippen molar-refractivity contribution in [3.05, 3.63) is 35.9 Å². The predicted molar refractivity (Wildman–Crippen MR) is 61.0 cm³/mol. The Bertz CT molecular complexity index is 455. The van der Waals surface area contributed by atoms with E-state index < -0.39 is 6.10 Å². The van der Waals surface area contributed by atoms with Crippen LogP contribution in [-0.2, 0) is 4.74 Å². The van der Waals surface area contributed by atoms with E-state index in [2.05, 4.69) is 6.58 Å². The number of ether oxygens (including phenoxy) is 3. The van der Waals surface area contributed by atoms with Crippen molar-refractivity contribution in [2.75, 3.05) is 20.0 Å². The second-order valence-electron chi connectivity index (χ2n) is 4.34. The molecular formula is C13H14O4. The fraction of sp³-hybridized carbons (Fsp3) is 0.385. The van der Waals surface area contributed by atoms with Gasteiger partial charge in [-0.3, -0.25) is 0 Å². The number of hydrogen-bond acceptors (Lipinski definition) is 4. The van der Waals surface area contributed by atoms with Crippen LogP contribution in [0.25, 0.3) is 0 Å². The van der Waals surface area contributed by atoms with E-state index in [0.717, 1.165) is 16.9 Å². The van der Waals surface area contributed by atoms with E-state index in [1.165, 1.54) is 0 Å². The van der Waals surface area contributed by atoms with Crippen LogP contribution < -0.4 is 9.47 Å². The minimum Gasteiger partial charge on any atom is -0.454 e. The molecule has 0 radical (unpaired) electrons. The summed E-state index contributed by atoms with van der Waals surface area (Å²) in [6, 6.07) is 5.49. The van der Waals surface area contributed by atoms with Gasteiger partial charge in [-0.2, -0.15) is 0 Å². The van der Waals surface area contributed by atoms with Crippen molar-refractivity contribution >= 4 is 0 Å². The Morgan fingerprint density at radius 3 is 2.88 bits per heavy atom. The average molecular weight is 234 g/mol. The van der Waals surface area contributed by atoms with Crippen molar-refractivity contribution in [2.24, 2.45) is 5.92 Å². The molecule has 2 heterocycles. The van der Waals surface area contributed by atoms with Crippen LogP contribution in [-0.4, -0.2) is 25.1 Å². The third-order valence-corrected chi connectivity index (χ3v) is 3.23. The number of benzene rings is 1. The normalized spacial score (nSPS) is 24.1. The summed E-state index contributed by atoms with van der Waals surface area (Å²) >= 11 is 0. The summed E-state index contributed by atoms with van der Waals surface area (Å²) in [5.41, 5.74) is 1.75. The molecule has 0 unspecified atom stereocenters. The highest BCUT2D eigenvalue weighted by Gasteiger charge is 2.29. The van der Waals surface area contributed by atoms with Crippen molar-refractivity contribution in [3.8, 4) is 11.5 Å². The zero-order valence-electron chi connectivity index (χ0n) is 9.39. The van der Waals surface area contributed by atoms with Crippen molar-refractivity contribution in [2.45, 2.75) is 6.10 Å². The van der Waals surface area contributed by atoms with Gasteiger partial charge in [-0.25, -0.2) is 0 Å². The van der Waals surface area contributed by atoms with Gasteiger partial charge in [0.25, 0.3) is 0 Å². The van der Waals surface area contributed by atoms with Gasteiger partial charge in [-0.1, -0.05) is 12.6 Å². The number of rotatable bonds is 2. The third kappa shape index (κ3) is 1.79. The van der Waals surface area contributed by atoms with Crippen LogP contribution in [0.4, 0.5) is 0 Å². The van der Waals surface area contributed by atoms with E-state index in [1.54, 1.807) is 0 Å². The van der Waals surface area contributed by atoms with Gasteiger partial charge in [-0.15, -0.1) is 0 Å². The zero-order valence-corrected chi connectivity index (χ0v) is 9.39. The summed E-state index contributed by atoms with van der Waals surface area (Å²) in [6.07, 6.45) is -0.598. The van der Waals surface area contributed by atoms with Crippen LogP contribution in [0.1, 0.15) is 11.7 Å². The fourth-order valence-corrected chi connectivity index (χ4v) is 2.19. The minimum atomic E-state index is -0.598. The first-order chi connectivity index (χ1) is 8.25. The average Bonchev–Trinajstić information content (AvgIpc) is 2.95. The molecule has 0 bridgehead atoms. The molecule has 90 valence electrons. The summed E-state index contributed by atoms with van der Waals surface area (Å²) < 4.78 is 15.8. The Morgan fingerprint density at radius 1 is 1.29 bits per heavy atom. The van der Waals surface area contributed by atoms with Crippen molar-refractivity contribution in [1.82, 2.24) is 0 Å². The Kier molecular flexibility index (Phi) is 2.53. The van der Waals surface area contributed by atoms with Crippen LogP contribution in [0.15, 0.2) is 30.4 Å². The van der Waals surface area contributed by atoms with Crippen LogP contribution >= 0.6 is 0 Å². The van der Waals surface area contributed by atoms with Crippen LogP contribution in [0.3, 0.4) is 0 Å². The predicted octanol–water partition coefficient (Wildman–Crippen LogP) is 1.65. The maximum absolute atomic E-state index is 10.3. The molecule has 2 aliphatic rings. The second kappa shape index (κ2) is 4.05. The summed E-state index contributed by atoms with van der Waals surface area (Å²) in [5.74, 6) is 1.38. The molecule has 4 heteroatoms. The summed E-state index contributed by atoms with van der Waals surface area (Å²) in [5, 5.41) is 10.3. The quantitative estimate of drug-likeness (QED) is 0.790. The van der Waals surface area contributed by atoms with Gasteiger partial charge >= 0.3 is 0 Å². The molecule has 0 spiro atoms. The first-order valence-corrected chi connectivity index (χ1v) is 5.59. The molecule has 3 rings (SSSR count). The van der Waals surface area contributed by atoms with E-state index in [0.29, 0.717) is 19.0 Å². The highest BCUT2D eigenvalue weighted by molar-refractivity contribution is 5.45. The van der Waals surface area contributed by atoms with Gasteiger partial charge in [-0.05, 0) is 23.3 Å². The molecule has 0 aliphatic carbocycles. The van der Waals surface area contributed by atoms with Crippen molar-refractivity contribution in [1.29, 1.82) is 0 Å². The summed E-state index contributed by atoms with van der Waals surface area (Å²) in [4.78, 5) is 0. The SMILES string of the molecule is C=C1COC[C@@H]1[C@@H](O)c1ccc2c(c1)OCO2. The lowest BCUT2D eigenvalue weighted by Crippen LogP contribution is -2.13. The Morgan fingerprint density at radius 2 is 2.12 bits per heavy atom. The van der Waals surface area contributed by atoms with E-state index in [4.69, 9.17) is 14.2 Å². The number of aliphatic hydroxyl groups excluding tert-OH is 1. The van der Waals surface area contributed by atoms with Gasteiger partial charge in [0.1, 0.15) is 0 Å². The Labute approximate surface area is 99.4 Å². The van der Waals surface area contributed by atoms with Crippen molar-refractivity contribution < 1.29 is 19.3 Å². The largest absolute Gasteiger partial charge is 0.454 e. The zero-order chi connectivity index (χ0) is 11.8. The lowest BCUT2D eigenvalue weighted by Gasteiger charge is -2.18. The molecule has 17 heavy (non-hydrogen) atoms. The van der Waals surface area contributed by atoms with E-state index >= 15 is 0 Å². The van der Waals surface area contributed by atoms with E-state index in [1.807, 2.05) is 18.2 Å². The van der Waals surface area contributed by atoms with Gasteiger partial charge in [0.05, 0.1) is 19.3 Å². The van der Waals surface area contributed by atoms with E-state index in [-0.39, 0.29) is 12.7 Å². The standard InChI is InChI=1S/C13H14O4/c1-8-5-15-6-10(8)13(14)9-2-3-11-12(4-9)17-7-16-11/h2-4,10,13-14H,1,5-7H2/t10-,13-/m0/s1. The summed E-state index contributed by atoms with van der Waals surface area (Å²) in [6.45, 7) is 5.21. The van der Waals surface area contributed by atoms with Gasteiger partial charge in [0, 0.05) is 5.92 Å². The summed E-state index contributed by atoms with van der Waals surface area (Å²) in [7, 11) is 0. The van der Waals surface area contributed by atoms with Gasteiger partial charge in [0.15, 0.2) is 11.5 Å². The fourth-order valence-electron chi connectivity index (χ4n) is 2.19. The highest BCUT2D eigenvalue weighted by Crippen LogP contribution is 2.38. The maximum atomic E-state index is 10.3. The number of aliphatic hydroxyl groups is 1. The number of hydrogen-bond donors (Lipinski definition) is 1. The second-order valence-corrected chi connectivity index (χ2v) is 4.34. The lowest BCUT2D eigenvalue weighted by molar-refractivity contribution is 0.0969. The Balaban J connectivity index is 1.86. The molecule has 4 nitrogen and oxygen atoms in total. The first-order valence-electron chi connectivity index (χ1n) is 5.59. The molecule has 0 amide bonds. The topological polar surface area (TPSA) is 47.9 Å². The molecule has 1 N–H and O–H groups in total. The van der Waals surface area contributed by atoms with Gasteiger partial charge < -0.3 is 19.3 Å². The monoisotopic (exact) mass is 234 g/mol. The maximum Gasteiger partial charge on any atom is 0.231 e. The first kappa shape index (κ1) is 10.6. The van der Waals surface area contributed by atoms with Crippen LogP contribution in [0, 0.1) is 5.92 Å². The highest BCUT2D eigenvalue weighted by atomic mass is 16.7. The third-order valence-electron chi connectivity index (χ3n) is 3.23. The smallest absolute Gasteiger partial charge is 0.231 e. The molecule has 1 saturated heterocycles. The van der Waals surface area contributed by atoms with E-state index in [9.17, 15) is 5.11 Å². The molecular weight excluding hydrogens is 220 g/mol. The molecule has 2 atom stereocenters. The molecule has 0 saturated carbocycles. The minimum absolute atomic E-state index is 0.0321. The van der Waals surface area contributed by atoms with Gasteiger partial charge in [0.2, 0.25) is 6.79 Å². The van der Waals surface area contributed by atoms with Crippen molar-refractivity contribution in [3.63, 3.8) is 0 Å². The molecule has 2 aliphatic heterocycles. The molecule has 1 aromatic rings. The van der Waals surface area contributed by atoms with Crippen LogP contribution in [0.2, 0.25) is 0 Å². The molecule has 1 aromatic carbocycles. The van der Waals surface area contributed by atoms with Crippen LogP contribution in [0.5, 0.6) is 11.5 Å². The number of fused-ring (bicyclic) bond motifs is 1.